The molecule has 0 aliphatic carbocycles. The number of benzene rings is 1. The third kappa shape index (κ3) is 4.66. The summed E-state index contributed by atoms with van der Waals surface area (Å²) >= 11 is 0. The van der Waals surface area contributed by atoms with Gasteiger partial charge in [0.1, 0.15) is 0 Å². The SMILES string of the molecule is CCN(CC)C1CCCCN1C(c1ccc(C(F)(F)F)c2ncccc12)C1CCNCC1. The van der Waals surface area contributed by atoms with Crippen molar-refractivity contribution in [2.45, 2.75) is 64.3 Å². The highest BCUT2D eigenvalue weighted by molar-refractivity contribution is 5.86. The quantitative estimate of drug-likeness (QED) is 0.637. The van der Waals surface area contributed by atoms with E-state index < -0.39 is 11.7 Å². The number of halogens is 3. The van der Waals surface area contributed by atoms with E-state index in [0.717, 1.165) is 64.0 Å². The van der Waals surface area contributed by atoms with Crippen LogP contribution < -0.4 is 5.32 Å². The molecule has 2 unspecified atom stereocenters. The van der Waals surface area contributed by atoms with Gasteiger partial charge in [0.2, 0.25) is 0 Å². The number of pyridine rings is 1. The summed E-state index contributed by atoms with van der Waals surface area (Å²) in [6.45, 7) is 9.26. The normalized spacial score (nSPS) is 22.5. The van der Waals surface area contributed by atoms with E-state index in [-0.39, 0.29) is 11.6 Å². The highest BCUT2D eigenvalue weighted by atomic mass is 19.4. The van der Waals surface area contributed by atoms with E-state index in [0.29, 0.717) is 17.5 Å². The number of nitrogens with zero attached hydrogens (tertiary/aromatic N) is 3. The third-order valence-electron chi connectivity index (χ3n) is 7.36. The summed E-state index contributed by atoms with van der Waals surface area (Å²) < 4.78 is 41.3. The zero-order chi connectivity index (χ0) is 22.7. The van der Waals surface area contributed by atoms with Crippen molar-refractivity contribution >= 4 is 10.9 Å². The molecule has 32 heavy (non-hydrogen) atoms. The number of piperidine rings is 2. The Morgan fingerprint density at radius 3 is 2.53 bits per heavy atom. The summed E-state index contributed by atoms with van der Waals surface area (Å²) in [4.78, 5) is 9.33. The van der Waals surface area contributed by atoms with E-state index in [9.17, 15) is 13.2 Å². The molecule has 0 radical (unpaired) electrons. The molecule has 4 nitrogen and oxygen atoms in total. The Kier molecular flexibility index (Phi) is 7.37. The lowest BCUT2D eigenvalue weighted by Gasteiger charge is -2.49. The number of likely N-dealkylation sites (tertiary alicyclic amines) is 1. The van der Waals surface area contributed by atoms with Crippen molar-refractivity contribution in [2.75, 3.05) is 32.7 Å². The molecule has 4 rings (SSSR count). The second-order valence-electron chi connectivity index (χ2n) is 9.07. The Morgan fingerprint density at radius 2 is 1.84 bits per heavy atom. The van der Waals surface area contributed by atoms with Crippen LogP contribution in [-0.2, 0) is 6.18 Å². The van der Waals surface area contributed by atoms with Crippen molar-refractivity contribution in [1.29, 1.82) is 0 Å². The summed E-state index contributed by atoms with van der Waals surface area (Å²) in [6.07, 6.45) is 2.91. The van der Waals surface area contributed by atoms with Crippen molar-refractivity contribution in [3.8, 4) is 0 Å². The standard InChI is InChI=1S/C25H35F3N4/c1-3-31(4-2)22-9-5-6-17-32(22)24(18-12-15-29-16-13-18)20-10-11-21(25(26,27)28)23-19(20)8-7-14-30-23/h7-8,10-11,14,18,22,24,29H,3-6,9,12-13,15-17H2,1-2H3. The minimum atomic E-state index is -4.41. The summed E-state index contributed by atoms with van der Waals surface area (Å²) in [5.74, 6) is 0.410. The Bertz CT molecular complexity index is 890. The zero-order valence-corrected chi connectivity index (χ0v) is 19.2. The van der Waals surface area contributed by atoms with Crippen LogP contribution in [-0.4, -0.2) is 53.7 Å². The Balaban J connectivity index is 1.85. The summed E-state index contributed by atoms with van der Waals surface area (Å²) in [5.41, 5.74) is 0.444. The number of nitrogens with one attached hydrogen (secondary N) is 1. The topological polar surface area (TPSA) is 31.4 Å². The second-order valence-corrected chi connectivity index (χ2v) is 9.07. The first-order chi connectivity index (χ1) is 15.5. The van der Waals surface area contributed by atoms with Crippen LogP contribution in [0.3, 0.4) is 0 Å². The van der Waals surface area contributed by atoms with Crippen LogP contribution in [0.15, 0.2) is 30.5 Å². The van der Waals surface area contributed by atoms with Crippen LogP contribution in [0.4, 0.5) is 13.2 Å². The highest BCUT2D eigenvalue weighted by Crippen LogP contribution is 2.43. The predicted molar refractivity (Wildman–Crippen MR) is 122 cm³/mol. The maximum absolute atomic E-state index is 13.8. The van der Waals surface area contributed by atoms with E-state index in [2.05, 4.69) is 33.9 Å². The van der Waals surface area contributed by atoms with Gasteiger partial charge in [0.15, 0.2) is 0 Å². The molecule has 2 aliphatic heterocycles. The van der Waals surface area contributed by atoms with Crippen molar-refractivity contribution in [3.05, 3.63) is 41.6 Å². The molecule has 0 saturated carbocycles. The average Bonchev–Trinajstić information content (AvgIpc) is 2.81. The lowest BCUT2D eigenvalue weighted by atomic mass is 9.81. The first kappa shape index (κ1) is 23.5. The molecule has 2 saturated heterocycles. The number of hydrogen-bond acceptors (Lipinski definition) is 4. The van der Waals surface area contributed by atoms with Gasteiger partial charge >= 0.3 is 6.18 Å². The fourth-order valence-corrected chi connectivity index (χ4v) is 5.84. The van der Waals surface area contributed by atoms with Crippen LogP contribution >= 0.6 is 0 Å². The van der Waals surface area contributed by atoms with Crippen LogP contribution in [0.2, 0.25) is 0 Å². The van der Waals surface area contributed by atoms with Gasteiger partial charge in [-0.1, -0.05) is 26.0 Å². The number of hydrogen-bond donors (Lipinski definition) is 1. The van der Waals surface area contributed by atoms with Crippen LogP contribution in [0.25, 0.3) is 10.9 Å². The molecule has 1 aromatic carbocycles. The van der Waals surface area contributed by atoms with Gasteiger partial charge in [0.05, 0.1) is 17.2 Å². The average molecular weight is 449 g/mol. The maximum atomic E-state index is 13.8. The molecule has 2 atom stereocenters. The molecule has 2 fully saturated rings. The second kappa shape index (κ2) is 10.1. The van der Waals surface area contributed by atoms with Gasteiger partial charge < -0.3 is 5.32 Å². The Labute approximate surface area is 189 Å². The molecule has 176 valence electrons. The van der Waals surface area contributed by atoms with Gasteiger partial charge in [-0.15, -0.1) is 0 Å². The van der Waals surface area contributed by atoms with Gasteiger partial charge in [-0.05, 0) is 81.9 Å². The summed E-state index contributed by atoms with van der Waals surface area (Å²) in [7, 11) is 0. The molecule has 0 amide bonds. The molecule has 0 bridgehead atoms. The summed E-state index contributed by atoms with van der Waals surface area (Å²) in [6, 6.07) is 6.70. The molecule has 1 aromatic heterocycles. The largest absolute Gasteiger partial charge is 0.418 e. The third-order valence-corrected chi connectivity index (χ3v) is 7.36. The Hall–Kier alpha value is -1.70. The fourth-order valence-electron chi connectivity index (χ4n) is 5.84. The van der Waals surface area contributed by atoms with E-state index in [4.69, 9.17) is 0 Å². The van der Waals surface area contributed by atoms with E-state index in [1.165, 1.54) is 18.7 Å². The fraction of sp³-hybridized carbons (Fsp3) is 0.640. The first-order valence-corrected chi connectivity index (χ1v) is 12.1. The number of rotatable bonds is 6. The van der Waals surface area contributed by atoms with Crippen LogP contribution in [0.5, 0.6) is 0 Å². The number of aromatic nitrogens is 1. The van der Waals surface area contributed by atoms with E-state index in [1.54, 1.807) is 12.1 Å². The highest BCUT2D eigenvalue weighted by Gasteiger charge is 2.39. The van der Waals surface area contributed by atoms with Gasteiger partial charge in [0.25, 0.3) is 0 Å². The van der Waals surface area contributed by atoms with Crippen LogP contribution in [0, 0.1) is 5.92 Å². The molecular weight excluding hydrogens is 413 g/mol. The van der Waals surface area contributed by atoms with Gasteiger partial charge in [-0.2, -0.15) is 13.2 Å². The molecule has 7 heteroatoms. The first-order valence-electron chi connectivity index (χ1n) is 12.1. The minimum absolute atomic E-state index is 0.0767. The van der Waals surface area contributed by atoms with Gasteiger partial charge in [-0.25, -0.2) is 0 Å². The minimum Gasteiger partial charge on any atom is -0.317 e. The van der Waals surface area contributed by atoms with Gasteiger partial charge in [-0.3, -0.25) is 14.8 Å². The molecule has 2 aliphatic rings. The Morgan fingerprint density at radius 1 is 1.09 bits per heavy atom. The van der Waals surface area contributed by atoms with E-state index in [1.807, 2.05) is 6.07 Å². The monoisotopic (exact) mass is 448 g/mol. The lowest BCUT2D eigenvalue weighted by molar-refractivity contribution is -0.136. The van der Waals surface area contributed by atoms with Crippen molar-refractivity contribution in [3.63, 3.8) is 0 Å². The predicted octanol–water partition coefficient (Wildman–Crippen LogP) is 5.45. The van der Waals surface area contributed by atoms with Crippen LogP contribution in [0.1, 0.15) is 63.1 Å². The lowest BCUT2D eigenvalue weighted by Crippen LogP contribution is -2.54. The maximum Gasteiger partial charge on any atom is 0.418 e. The number of fused-ring (bicyclic) bond motifs is 1. The van der Waals surface area contributed by atoms with Crippen molar-refractivity contribution < 1.29 is 13.2 Å². The zero-order valence-electron chi connectivity index (χ0n) is 19.2. The smallest absolute Gasteiger partial charge is 0.317 e. The van der Waals surface area contributed by atoms with E-state index >= 15 is 0 Å². The van der Waals surface area contributed by atoms with Crippen molar-refractivity contribution in [1.82, 2.24) is 20.1 Å². The molecule has 2 aromatic rings. The van der Waals surface area contributed by atoms with Crippen molar-refractivity contribution in [2.24, 2.45) is 5.92 Å². The molecule has 0 spiro atoms. The number of alkyl halides is 3. The summed E-state index contributed by atoms with van der Waals surface area (Å²) in [5, 5.41) is 4.10. The molecular formula is C25H35F3N4. The molecule has 1 N–H and O–H groups in total. The molecule has 3 heterocycles. The van der Waals surface area contributed by atoms with Gasteiger partial charge in [0, 0.05) is 24.2 Å².